The molecule has 2 aliphatic heterocycles. The number of carboxylic acid groups (broad SMARTS) is 1. The number of nitrogens with one attached hydrogen (secondary N) is 3. The molecule has 0 saturated heterocycles. The van der Waals surface area contributed by atoms with Crippen LogP contribution in [0.2, 0.25) is 0 Å². The van der Waals surface area contributed by atoms with Gasteiger partial charge in [-0.1, -0.05) is 102 Å². The Bertz CT molecular complexity index is 2150. The van der Waals surface area contributed by atoms with Crippen molar-refractivity contribution in [3.05, 3.63) is 83.4 Å². The van der Waals surface area contributed by atoms with Crippen LogP contribution in [0.1, 0.15) is 101 Å². The summed E-state index contributed by atoms with van der Waals surface area (Å²) in [6.45, 7) is 19.8. The molecule has 2 aromatic heterocycles. The number of carbonyl (C=O) groups excluding carboxylic acids is 3. The van der Waals surface area contributed by atoms with Gasteiger partial charge in [-0.25, -0.2) is 14.8 Å². The van der Waals surface area contributed by atoms with Crippen molar-refractivity contribution >= 4 is 59.0 Å². The summed E-state index contributed by atoms with van der Waals surface area (Å²) in [5.74, 6) is -0.426. The van der Waals surface area contributed by atoms with Crippen molar-refractivity contribution in [2.24, 2.45) is 10.8 Å². The first-order chi connectivity index (χ1) is 29.2. The smallest absolute Gasteiger partial charge is 0.326 e. The maximum atomic E-state index is 13.4. The zero-order chi connectivity index (χ0) is 45.9. The van der Waals surface area contributed by atoms with Crippen LogP contribution >= 0.6 is 27.0 Å². The minimum atomic E-state index is -1.05. The molecule has 0 unspecified atom stereocenters. The molecule has 2 aliphatic rings. The Hall–Kier alpha value is -3.52. The fourth-order valence-corrected chi connectivity index (χ4v) is 7.51. The summed E-state index contributed by atoms with van der Waals surface area (Å²) in [7, 11) is 4.57. The molecule has 1 radical (unpaired) electrons. The molecule has 63 heavy (non-hydrogen) atoms. The van der Waals surface area contributed by atoms with Crippen LogP contribution in [0.4, 0.5) is 0 Å². The van der Waals surface area contributed by atoms with Crippen LogP contribution in [0.15, 0.2) is 60.7 Å². The number of hydrogen-bond acceptors (Lipinski definition) is 8. The van der Waals surface area contributed by atoms with E-state index in [1.54, 1.807) is 20.8 Å². The van der Waals surface area contributed by atoms with Gasteiger partial charge in [-0.2, -0.15) is 27.0 Å². The van der Waals surface area contributed by atoms with E-state index in [0.717, 1.165) is 73.2 Å². The first-order valence-corrected chi connectivity index (χ1v) is 20.6. The zero-order valence-electron chi connectivity index (χ0n) is 40.5. The normalized spacial score (nSPS) is 15.2. The fraction of sp³-hybridized carbons (Fsp3) is 0.511. The molecule has 0 aliphatic carbocycles. The van der Waals surface area contributed by atoms with Gasteiger partial charge in [-0.3, -0.25) is 14.4 Å². The Morgan fingerprint density at radius 3 is 1.37 bits per heavy atom. The van der Waals surface area contributed by atoms with E-state index in [9.17, 15) is 24.3 Å². The SMILES string of the molecule is CC(C)NC(=O)[C@@H](NC(=O)c1nc(-c2ccccc2)n2c1CN(C)CCC2)C(C)(C)C.CN1CCCn2c(-c3ccccc3)nc(C(=O)N[C@H](C(=O)O)C(C)(C)C)c2C1.S.S.[3H][B][3H].[U]. The van der Waals surface area contributed by atoms with E-state index in [1.165, 1.54) is 0 Å². The summed E-state index contributed by atoms with van der Waals surface area (Å²) in [5.41, 5.74) is 3.31. The molecular weight excluding hydrogens is 1060 g/mol. The van der Waals surface area contributed by atoms with Crippen molar-refractivity contribution < 1.29 is 55.4 Å². The van der Waals surface area contributed by atoms with E-state index in [2.05, 4.69) is 46.9 Å². The number of benzene rings is 2. The first-order valence-electron chi connectivity index (χ1n) is 21.7. The average molecular weight is 1130 g/mol. The van der Waals surface area contributed by atoms with Gasteiger partial charge in [-0.15, -0.1) is 0 Å². The molecule has 0 fully saturated rings. The molecule has 0 spiro atoms. The number of carboxylic acids is 1. The summed E-state index contributed by atoms with van der Waals surface area (Å²) >= 11 is 0. The molecule has 2 aromatic carbocycles. The van der Waals surface area contributed by atoms with E-state index in [1.807, 2.05) is 102 Å². The van der Waals surface area contributed by atoms with Crippen LogP contribution in [0.25, 0.3) is 22.8 Å². The third kappa shape index (κ3) is 14.7. The molecule has 18 heteroatoms. The van der Waals surface area contributed by atoms with Crippen LogP contribution in [0, 0.1) is 41.9 Å². The van der Waals surface area contributed by atoms with Gasteiger partial charge < -0.3 is 40.0 Å². The minimum Gasteiger partial charge on any atom is -0.480 e. The van der Waals surface area contributed by atoms with Gasteiger partial charge in [0.15, 0.2) is 11.4 Å². The Morgan fingerprint density at radius 1 is 0.667 bits per heavy atom. The molecule has 4 N–H and O–H groups in total. The number of hydrogen-bond donors (Lipinski definition) is 4. The number of nitrogens with zero attached hydrogens (tertiary/aromatic N) is 6. The third-order valence-corrected chi connectivity index (χ3v) is 10.5. The Kier molecular flexibility index (Phi) is 21.1. The van der Waals surface area contributed by atoms with E-state index >= 15 is 0 Å². The topological polar surface area (TPSA) is 167 Å². The molecule has 3 amide bonds. The molecular formula is C45H69BN9O5S2U. The second kappa shape index (κ2) is 24.7. The fourth-order valence-electron chi connectivity index (χ4n) is 7.51. The van der Waals surface area contributed by atoms with Crippen LogP contribution < -0.4 is 16.0 Å². The summed E-state index contributed by atoms with van der Waals surface area (Å²) in [4.78, 5) is 64.8. The van der Waals surface area contributed by atoms with Crippen LogP contribution in [0.3, 0.4) is 0 Å². The number of aliphatic carboxylic acids is 1. The number of carbonyl (C=O) groups is 4. The maximum Gasteiger partial charge on any atom is 0.326 e. The number of rotatable bonds is 9. The Balaban J connectivity index is 0.000000589. The molecule has 4 heterocycles. The van der Waals surface area contributed by atoms with Gasteiger partial charge in [0, 0.05) is 74.5 Å². The Morgan fingerprint density at radius 2 is 1.03 bits per heavy atom. The molecule has 6 rings (SSSR count). The molecule has 0 saturated carbocycles. The molecule has 0 bridgehead atoms. The predicted octanol–water partition coefficient (Wildman–Crippen LogP) is 4.98. The average Bonchev–Trinajstić information content (AvgIpc) is 3.57. The van der Waals surface area contributed by atoms with Gasteiger partial charge >= 0.3 is 5.97 Å². The van der Waals surface area contributed by atoms with Gasteiger partial charge in [0.1, 0.15) is 23.7 Å². The monoisotopic (exact) mass is 1130 g/mol. The quantitative estimate of drug-likeness (QED) is 0.169. The van der Waals surface area contributed by atoms with Crippen molar-refractivity contribution in [1.82, 2.24) is 44.9 Å². The summed E-state index contributed by atoms with van der Waals surface area (Å²) in [6.07, 6.45) is 1.95. The number of imidazole rings is 2. The van der Waals surface area contributed by atoms with E-state index in [0.29, 0.717) is 32.8 Å². The van der Waals surface area contributed by atoms with Crippen LogP contribution in [-0.2, 0) is 35.8 Å². The van der Waals surface area contributed by atoms with E-state index in [4.69, 9.17) is 7.66 Å². The number of aromatic nitrogens is 4. The van der Waals surface area contributed by atoms with Crippen molar-refractivity contribution in [3.63, 3.8) is 0 Å². The standard InChI is InChI=1S/C24H35N5O2.C21H28N4O3.BH2.2H2S.U/c1-16(2)25-23(31)20(24(3,4)5)27-22(30)19-18-15-28(6)13-10-14-29(18)21(26-19)17-11-8-7-9-12-17;1-21(2,3)17(20(27)28)23-19(26)16-15-13-24(4)11-8-12-25(15)18(22-16)14-9-6-5-7-10-14;;;;/h7-9,11-12,16,20H,10,13-15H2,1-6H3,(H,25,31)(H,27,30);5-7,9-10,17H,8,11-13H2,1-4H3,(H,23,26)(H,27,28);3*1H2;/t20-;17-;;;;/m11..../s1/i;;1T2;;;. The number of amides is 3. The largest absolute Gasteiger partial charge is 0.480 e. The van der Waals surface area contributed by atoms with Gasteiger partial charge in [0.2, 0.25) is 5.91 Å². The maximum absolute atomic E-state index is 13.4. The molecule has 343 valence electrons. The van der Waals surface area contributed by atoms with Crippen molar-refractivity contribution in [1.29, 1.82) is 2.67 Å². The summed E-state index contributed by atoms with van der Waals surface area (Å²) in [6, 6.07) is 18.1. The van der Waals surface area contributed by atoms with Crippen LogP contribution in [-0.4, -0.2) is 114 Å². The molecule has 14 nitrogen and oxygen atoms in total. The van der Waals surface area contributed by atoms with Gasteiger partial charge in [0.25, 0.3) is 11.8 Å². The van der Waals surface area contributed by atoms with Crippen molar-refractivity contribution in [3.8, 4) is 22.8 Å². The van der Waals surface area contributed by atoms with E-state index in [-0.39, 0.29) is 76.0 Å². The minimum absolute atomic E-state index is 0. The van der Waals surface area contributed by atoms with Gasteiger partial charge in [0.05, 0.1) is 19.7 Å². The summed E-state index contributed by atoms with van der Waals surface area (Å²) in [5, 5.41) is 18.2. The zero-order valence-corrected chi connectivity index (χ0v) is 44.7. The molecule has 2 atom stereocenters. The third-order valence-electron chi connectivity index (χ3n) is 10.5. The second-order valence-corrected chi connectivity index (χ2v) is 18.2. The first kappa shape index (κ1) is 53.8. The summed E-state index contributed by atoms with van der Waals surface area (Å²) < 4.78 is 15.8. The van der Waals surface area contributed by atoms with Crippen molar-refractivity contribution in [2.75, 3.05) is 27.2 Å². The predicted molar refractivity (Wildman–Crippen MR) is 259 cm³/mol. The van der Waals surface area contributed by atoms with Gasteiger partial charge in [-0.05, 0) is 67.4 Å². The van der Waals surface area contributed by atoms with Crippen molar-refractivity contribution in [2.45, 2.75) is 113 Å². The van der Waals surface area contributed by atoms with E-state index < -0.39 is 34.8 Å². The molecule has 4 aromatic rings. The second-order valence-electron chi connectivity index (χ2n) is 18.2. The number of fused-ring (bicyclic) bond motifs is 2. The van der Waals surface area contributed by atoms with Crippen LogP contribution in [0.5, 0.6) is 0 Å². The Labute approximate surface area is 416 Å².